The highest BCUT2D eigenvalue weighted by Gasteiger charge is 2.39. The summed E-state index contributed by atoms with van der Waals surface area (Å²) < 4.78 is 0. The van der Waals surface area contributed by atoms with Crippen LogP contribution < -0.4 is 5.32 Å². The number of hydrogen-bond acceptors (Lipinski definition) is 3. The molecule has 2 saturated heterocycles. The van der Waals surface area contributed by atoms with E-state index in [0.29, 0.717) is 5.54 Å². The van der Waals surface area contributed by atoms with Crippen molar-refractivity contribution in [3.05, 3.63) is 0 Å². The van der Waals surface area contributed by atoms with Crippen LogP contribution in [0, 0.1) is 0 Å². The summed E-state index contributed by atoms with van der Waals surface area (Å²) in [5.74, 6) is 0. The van der Waals surface area contributed by atoms with Crippen LogP contribution in [0.3, 0.4) is 0 Å². The summed E-state index contributed by atoms with van der Waals surface area (Å²) in [6, 6.07) is 1.57. The lowest BCUT2D eigenvalue weighted by molar-refractivity contribution is 0.00950. The van der Waals surface area contributed by atoms with Gasteiger partial charge in [0.05, 0.1) is 0 Å². The van der Waals surface area contributed by atoms with Crippen molar-refractivity contribution in [3.8, 4) is 0 Å². The van der Waals surface area contributed by atoms with Gasteiger partial charge in [-0.2, -0.15) is 0 Å². The fraction of sp³-hybridized carbons (Fsp3) is 1.00. The Morgan fingerprint density at radius 1 is 1.05 bits per heavy atom. The zero-order valence-corrected chi connectivity index (χ0v) is 14.8. The van der Waals surface area contributed by atoms with Crippen LogP contribution in [0.1, 0.15) is 66.2 Å². The Bertz CT molecular complexity index is 293. The van der Waals surface area contributed by atoms with Gasteiger partial charge in [0.1, 0.15) is 0 Å². The molecular formula is C18H37N3. The molecule has 0 amide bonds. The average Bonchev–Trinajstić information content (AvgIpc) is 2.55. The Morgan fingerprint density at radius 3 is 2.24 bits per heavy atom. The molecule has 2 fully saturated rings. The first-order chi connectivity index (χ1) is 10.2. The van der Waals surface area contributed by atoms with E-state index in [0.717, 1.165) is 12.1 Å². The zero-order valence-electron chi connectivity index (χ0n) is 14.8. The lowest BCUT2D eigenvalue weighted by Crippen LogP contribution is -2.66. The second kappa shape index (κ2) is 7.94. The van der Waals surface area contributed by atoms with E-state index in [-0.39, 0.29) is 0 Å². The molecule has 0 spiro atoms. The molecule has 0 saturated carbocycles. The summed E-state index contributed by atoms with van der Waals surface area (Å²) in [5.41, 5.74) is 0.367. The first-order valence-corrected chi connectivity index (χ1v) is 9.41. The van der Waals surface area contributed by atoms with Gasteiger partial charge in [-0.3, -0.25) is 4.90 Å². The number of nitrogens with one attached hydrogen (secondary N) is 1. The van der Waals surface area contributed by atoms with E-state index >= 15 is 0 Å². The lowest BCUT2D eigenvalue weighted by Gasteiger charge is -2.51. The van der Waals surface area contributed by atoms with Crippen molar-refractivity contribution < 1.29 is 0 Å². The van der Waals surface area contributed by atoms with Gasteiger partial charge < -0.3 is 10.2 Å². The first kappa shape index (κ1) is 17.2. The third-order valence-electron chi connectivity index (χ3n) is 6.06. The Labute approximate surface area is 132 Å². The van der Waals surface area contributed by atoms with E-state index in [1.54, 1.807) is 0 Å². The molecule has 0 aliphatic carbocycles. The van der Waals surface area contributed by atoms with Crippen molar-refractivity contribution in [2.24, 2.45) is 0 Å². The van der Waals surface area contributed by atoms with Crippen molar-refractivity contribution in [2.75, 3.05) is 32.7 Å². The molecule has 2 rings (SSSR count). The van der Waals surface area contributed by atoms with Gasteiger partial charge in [0.2, 0.25) is 0 Å². The van der Waals surface area contributed by atoms with Crippen LogP contribution in [0.5, 0.6) is 0 Å². The molecule has 124 valence electrons. The van der Waals surface area contributed by atoms with Gasteiger partial charge >= 0.3 is 0 Å². The fourth-order valence-corrected chi connectivity index (χ4v) is 4.31. The standard InChI is InChI=1S/C18H37N3/c1-5-11-20-12-9-17(10-13-20)21-15-18(7-3,8-4)19-14-16(21)6-2/h16-17,19H,5-15H2,1-4H3. The normalized spacial score (nSPS) is 28.9. The average molecular weight is 296 g/mol. The van der Waals surface area contributed by atoms with Crippen LogP contribution in [0.4, 0.5) is 0 Å². The van der Waals surface area contributed by atoms with Crippen LogP contribution in [-0.2, 0) is 0 Å². The summed E-state index contributed by atoms with van der Waals surface area (Å²) >= 11 is 0. The van der Waals surface area contributed by atoms with Gasteiger partial charge in [-0.15, -0.1) is 0 Å². The largest absolute Gasteiger partial charge is 0.308 e. The minimum Gasteiger partial charge on any atom is -0.308 e. The Hall–Kier alpha value is -0.120. The predicted octanol–water partition coefficient (Wildman–Crippen LogP) is 3.10. The zero-order chi connectivity index (χ0) is 15.3. The Balaban J connectivity index is 1.98. The molecule has 0 radical (unpaired) electrons. The number of likely N-dealkylation sites (tertiary alicyclic amines) is 1. The quantitative estimate of drug-likeness (QED) is 0.812. The van der Waals surface area contributed by atoms with Crippen LogP contribution in [0.2, 0.25) is 0 Å². The number of rotatable bonds is 6. The topological polar surface area (TPSA) is 18.5 Å². The van der Waals surface area contributed by atoms with Crippen molar-refractivity contribution in [1.82, 2.24) is 15.1 Å². The molecule has 2 aliphatic rings. The van der Waals surface area contributed by atoms with Gasteiger partial charge in [0.25, 0.3) is 0 Å². The number of piperazine rings is 1. The molecule has 2 aliphatic heterocycles. The van der Waals surface area contributed by atoms with Crippen molar-refractivity contribution in [3.63, 3.8) is 0 Å². The van der Waals surface area contributed by atoms with E-state index in [1.165, 1.54) is 71.2 Å². The maximum atomic E-state index is 3.88. The van der Waals surface area contributed by atoms with Crippen LogP contribution >= 0.6 is 0 Å². The number of hydrogen-bond donors (Lipinski definition) is 1. The van der Waals surface area contributed by atoms with Gasteiger partial charge in [-0.1, -0.05) is 27.7 Å². The summed E-state index contributed by atoms with van der Waals surface area (Å²) in [6.07, 6.45) is 7.84. The molecule has 1 unspecified atom stereocenters. The third-order valence-corrected chi connectivity index (χ3v) is 6.06. The van der Waals surface area contributed by atoms with Crippen molar-refractivity contribution in [1.29, 1.82) is 0 Å². The molecule has 3 nitrogen and oxygen atoms in total. The monoisotopic (exact) mass is 295 g/mol. The maximum Gasteiger partial charge on any atom is 0.0304 e. The molecule has 21 heavy (non-hydrogen) atoms. The first-order valence-electron chi connectivity index (χ1n) is 9.41. The predicted molar refractivity (Wildman–Crippen MR) is 91.9 cm³/mol. The smallest absolute Gasteiger partial charge is 0.0304 e. The minimum absolute atomic E-state index is 0.367. The highest BCUT2D eigenvalue weighted by Crippen LogP contribution is 2.29. The molecule has 0 aromatic carbocycles. The summed E-state index contributed by atoms with van der Waals surface area (Å²) in [7, 11) is 0. The Kier molecular flexibility index (Phi) is 6.51. The molecular weight excluding hydrogens is 258 g/mol. The molecule has 0 aromatic heterocycles. The molecule has 3 heteroatoms. The van der Waals surface area contributed by atoms with Crippen molar-refractivity contribution in [2.45, 2.75) is 83.8 Å². The SMILES string of the molecule is CCCN1CCC(N2CC(CC)(CC)NCC2CC)CC1. The minimum atomic E-state index is 0.367. The van der Waals surface area contributed by atoms with Gasteiger partial charge in [0.15, 0.2) is 0 Å². The molecule has 1 N–H and O–H groups in total. The summed E-state index contributed by atoms with van der Waals surface area (Å²) in [4.78, 5) is 5.54. The number of nitrogens with zero attached hydrogens (tertiary/aromatic N) is 2. The van der Waals surface area contributed by atoms with Gasteiger partial charge in [-0.05, 0) is 58.2 Å². The molecule has 1 atom stereocenters. The lowest BCUT2D eigenvalue weighted by atomic mass is 9.86. The highest BCUT2D eigenvalue weighted by atomic mass is 15.3. The highest BCUT2D eigenvalue weighted by molar-refractivity contribution is 4.99. The number of piperidine rings is 1. The second-order valence-corrected chi connectivity index (χ2v) is 7.18. The van der Waals surface area contributed by atoms with E-state index < -0.39 is 0 Å². The fourth-order valence-electron chi connectivity index (χ4n) is 4.31. The second-order valence-electron chi connectivity index (χ2n) is 7.18. The van der Waals surface area contributed by atoms with Crippen molar-refractivity contribution >= 4 is 0 Å². The van der Waals surface area contributed by atoms with Crippen LogP contribution in [0.25, 0.3) is 0 Å². The van der Waals surface area contributed by atoms with Crippen LogP contribution in [-0.4, -0.2) is 60.1 Å². The van der Waals surface area contributed by atoms with Crippen LogP contribution in [0.15, 0.2) is 0 Å². The van der Waals surface area contributed by atoms with E-state index in [1.807, 2.05) is 0 Å². The molecule has 2 heterocycles. The maximum absolute atomic E-state index is 3.88. The van der Waals surface area contributed by atoms with Gasteiger partial charge in [-0.25, -0.2) is 0 Å². The summed E-state index contributed by atoms with van der Waals surface area (Å²) in [5, 5.41) is 3.88. The van der Waals surface area contributed by atoms with E-state index in [2.05, 4.69) is 42.8 Å². The van der Waals surface area contributed by atoms with E-state index in [4.69, 9.17) is 0 Å². The van der Waals surface area contributed by atoms with Gasteiger partial charge in [0, 0.05) is 30.7 Å². The van der Waals surface area contributed by atoms with E-state index in [9.17, 15) is 0 Å². The molecule has 0 bridgehead atoms. The Morgan fingerprint density at radius 2 is 1.71 bits per heavy atom. The third kappa shape index (κ3) is 4.00. The molecule has 0 aromatic rings. The summed E-state index contributed by atoms with van der Waals surface area (Å²) in [6.45, 7) is 15.7.